The number of nitrogens with zero attached hydrogens (tertiary/aromatic N) is 1. The van der Waals surface area contributed by atoms with E-state index in [-0.39, 0.29) is 19.6 Å². The fraction of sp³-hybridized carbons (Fsp3) is 0.870. The average Bonchev–Trinajstić information content (AvgIpc) is 2.55. The minimum absolute atomic E-state index is 0.0902. The highest BCUT2D eigenvalue weighted by Gasteiger charge is 2.30. The van der Waals surface area contributed by atoms with Crippen molar-refractivity contribution in [2.24, 2.45) is 0 Å². The van der Waals surface area contributed by atoms with Gasteiger partial charge in [-0.1, -0.05) is 0 Å². The summed E-state index contributed by atoms with van der Waals surface area (Å²) < 4.78 is 16.2. The van der Waals surface area contributed by atoms with Crippen LogP contribution >= 0.6 is 0 Å². The van der Waals surface area contributed by atoms with E-state index < -0.39 is 41.0 Å². The molecular weight excluding hydrogens is 416 g/mol. The number of rotatable bonds is 10. The highest BCUT2D eigenvalue weighted by Crippen LogP contribution is 2.15. The molecule has 0 aromatic carbocycles. The van der Waals surface area contributed by atoms with E-state index in [1.165, 1.54) is 4.90 Å². The molecule has 9 heteroatoms. The first-order valence-electron chi connectivity index (χ1n) is 11.2. The fourth-order valence-corrected chi connectivity index (χ4v) is 2.57. The first kappa shape index (κ1) is 30.0. The third-order valence-corrected chi connectivity index (χ3v) is 3.81. The van der Waals surface area contributed by atoms with Gasteiger partial charge in [-0.3, -0.25) is 0 Å². The third kappa shape index (κ3) is 15.7. The number of amides is 2. The molecule has 0 fully saturated rings. The molecule has 32 heavy (non-hydrogen) atoms. The lowest BCUT2D eigenvalue weighted by Crippen LogP contribution is -2.48. The Hall–Kier alpha value is -2.03. The van der Waals surface area contributed by atoms with Crippen LogP contribution in [0.4, 0.5) is 9.59 Å². The Morgan fingerprint density at radius 2 is 1.31 bits per heavy atom. The number of esters is 1. The van der Waals surface area contributed by atoms with Crippen LogP contribution in [0, 0.1) is 0 Å². The van der Waals surface area contributed by atoms with Gasteiger partial charge in [-0.2, -0.15) is 0 Å². The Labute approximate surface area is 193 Å². The van der Waals surface area contributed by atoms with E-state index in [2.05, 4.69) is 5.32 Å². The maximum Gasteiger partial charge on any atom is 0.410 e. The zero-order valence-electron chi connectivity index (χ0n) is 21.4. The van der Waals surface area contributed by atoms with Crippen LogP contribution in [-0.4, -0.2) is 70.7 Å². The molecule has 0 aliphatic heterocycles. The molecule has 2 amide bonds. The Balaban J connectivity index is 5.36. The van der Waals surface area contributed by atoms with Gasteiger partial charge in [0.15, 0.2) is 0 Å². The number of hydrogen-bond donors (Lipinski definition) is 2. The zero-order chi connectivity index (χ0) is 25.2. The van der Waals surface area contributed by atoms with E-state index in [9.17, 15) is 14.4 Å². The number of aliphatic hydroxyl groups excluding tert-OH is 1. The van der Waals surface area contributed by atoms with Gasteiger partial charge in [0.2, 0.25) is 0 Å². The van der Waals surface area contributed by atoms with Crippen LogP contribution in [0.15, 0.2) is 0 Å². The van der Waals surface area contributed by atoms with E-state index in [4.69, 9.17) is 19.3 Å². The molecule has 9 nitrogen and oxygen atoms in total. The average molecular weight is 461 g/mol. The monoisotopic (exact) mass is 460 g/mol. The van der Waals surface area contributed by atoms with Crippen molar-refractivity contribution in [2.45, 2.75) is 111 Å². The summed E-state index contributed by atoms with van der Waals surface area (Å²) in [4.78, 5) is 39.2. The Kier molecular flexibility index (Phi) is 12.1. The molecule has 0 spiro atoms. The molecule has 0 saturated carbocycles. The zero-order valence-corrected chi connectivity index (χ0v) is 21.4. The van der Waals surface area contributed by atoms with Crippen LogP contribution in [0.5, 0.6) is 0 Å². The molecule has 0 aromatic rings. The highest BCUT2D eigenvalue weighted by atomic mass is 16.6. The van der Waals surface area contributed by atoms with Crippen LogP contribution in [0.3, 0.4) is 0 Å². The van der Waals surface area contributed by atoms with Crippen molar-refractivity contribution in [2.75, 3.05) is 19.7 Å². The standard InChI is InChI=1S/C23H44N2O7/c1-21(2,3)30-18(27)17(24-19(28)31-22(4,5)6)13-15-25(14-11-10-12-16-26)20(29)32-23(7,8)9/h17,26H,10-16H2,1-9H3,(H,24,28)/t17-/m0/s1. The number of aliphatic hydroxyl groups is 1. The topological polar surface area (TPSA) is 114 Å². The van der Waals surface area contributed by atoms with Gasteiger partial charge < -0.3 is 29.5 Å². The van der Waals surface area contributed by atoms with E-state index in [1.807, 2.05) is 0 Å². The van der Waals surface area contributed by atoms with Gasteiger partial charge in [0.1, 0.15) is 22.8 Å². The Morgan fingerprint density at radius 1 is 0.781 bits per heavy atom. The largest absolute Gasteiger partial charge is 0.458 e. The number of unbranched alkanes of at least 4 members (excludes halogenated alkanes) is 2. The molecule has 0 aromatic heterocycles. The molecule has 0 saturated heterocycles. The number of alkyl carbamates (subject to hydrolysis) is 1. The Morgan fingerprint density at radius 3 is 1.78 bits per heavy atom. The first-order chi connectivity index (χ1) is 14.4. The van der Waals surface area contributed by atoms with E-state index in [1.54, 1.807) is 62.3 Å². The fourth-order valence-electron chi connectivity index (χ4n) is 2.57. The second kappa shape index (κ2) is 12.9. The molecule has 0 aliphatic carbocycles. The minimum atomic E-state index is -0.994. The molecular formula is C23H44N2O7. The van der Waals surface area contributed by atoms with E-state index in [0.29, 0.717) is 19.4 Å². The number of ether oxygens (including phenoxy) is 3. The molecule has 1 atom stereocenters. The summed E-state index contributed by atoms with van der Waals surface area (Å²) in [6, 6.07) is -0.994. The molecule has 0 bridgehead atoms. The number of hydrogen-bond acceptors (Lipinski definition) is 7. The highest BCUT2D eigenvalue weighted by molar-refractivity contribution is 5.81. The van der Waals surface area contributed by atoms with Crippen LogP contribution in [0.2, 0.25) is 0 Å². The normalized spacial score (nSPS) is 13.2. The number of carbonyl (C=O) groups excluding carboxylic acids is 3. The van der Waals surface area contributed by atoms with Crippen molar-refractivity contribution in [3.8, 4) is 0 Å². The molecule has 188 valence electrons. The van der Waals surface area contributed by atoms with Gasteiger partial charge >= 0.3 is 18.2 Å². The van der Waals surface area contributed by atoms with Crippen LogP contribution < -0.4 is 5.32 Å². The lowest BCUT2D eigenvalue weighted by molar-refractivity contribution is -0.157. The summed E-state index contributed by atoms with van der Waals surface area (Å²) >= 11 is 0. The van der Waals surface area contributed by atoms with Gasteiger partial charge in [-0.05, 0) is 88.0 Å². The third-order valence-electron chi connectivity index (χ3n) is 3.81. The molecule has 0 aliphatic rings. The lowest BCUT2D eigenvalue weighted by atomic mass is 10.1. The maximum atomic E-state index is 12.7. The smallest absolute Gasteiger partial charge is 0.410 e. The molecule has 0 heterocycles. The number of nitrogens with one attached hydrogen (secondary N) is 1. The van der Waals surface area contributed by atoms with Crippen molar-refractivity contribution in [1.29, 1.82) is 0 Å². The quantitative estimate of drug-likeness (QED) is 0.287. The van der Waals surface area contributed by atoms with Gasteiger partial charge in [0, 0.05) is 19.7 Å². The summed E-state index contributed by atoms with van der Waals surface area (Å²) in [5.74, 6) is -0.604. The van der Waals surface area contributed by atoms with Gasteiger partial charge in [0.05, 0.1) is 0 Å². The van der Waals surface area contributed by atoms with E-state index >= 15 is 0 Å². The van der Waals surface area contributed by atoms with Gasteiger partial charge in [-0.15, -0.1) is 0 Å². The Bertz CT molecular complexity index is 601. The van der Waals surface area contributed by atoms with Crippen molar-refractivity contribution in [3.05, 3.63) is 0 Å². The van der Waals surface area contributed by atoms with Crippen molar-refractivity contribution >= 4 is 18.2 Å². The summed E-state index contributed by atoms with van der Waals surface area (Å²) in [5.41, 5.74) is -2.13. The first-order valence-corrected chi connectivity index (χ1v) is 11.2. The lowest BCUT2D eigenvalue weighted by Gasteiger charge is -2.30. The van der Waals surface area contributed by atoms with Crippen LogP contribution in [0.25, 0.3) is 0 Å². The molecule has 0 radical (unpaired) electrons. The molecule has 0 unspecified atom stereocenters. The van der Waals surface area contributed by atoms with Crippen LogP contribution in [-0.2, 0) is 19.0 Å². The van der Waals surface area contributed by atoms with E-state index in [0.717, 1.165) is 6.42 Å². The summed E-state index contributed by atoms with van der Waals surface area (Å²) in [6.45, 7) is 16.4. The summed E-state index contributed by atoms with van der Waals surface area (Å²) in [5, 5.41) is 11.5. The van der Waals surface area contributed by atoms with Gasteiger partial charge in [-0.25, -0.2) is 14.4 Å². The SMILES string of the molecule is CC(C)(C)OC(=O)N[C@@H](CCN(CCCCCO)C(=O)OC(C)(C)C)C(=O)OC(C)(C)C. The second-order valence-electron chi connectivity index (χ2n) is 10.8. The molecule has 0 rings (SSSR count). The second-order valence-corrected chi connectivity index (χ2v) is 10.8. The van der Waals surface area contributed by atoms with Crippen molar-refractivity contribution < 1.29 is 33.7 Å². The maximum absolute atomic E-state index is 12.7. The molecule has 2 N–H and O–H groups in total. The van der Waals surface area contributed by atoms with Gasteiger partial charge in [0.25, 0.3) is 0 Å². The predicted octanol–water partition coefficient (Wildman–Crippen LogP) is 4.01. The van der Waals surface area contributed by atoms with Crippen molar-refractivity contribution in [3.63, 3.8) is 0 Å². The minimum Gasteiger partial charge on any atom is -0.458 e. The summed E-state index contributed by atoms with van der Waals surface area (Å²) in [6.07, 6.45) is 0.968. The summed E-state index contributed by atoms with van der Waals surface area (Å²) in [7, 11) is 0. The van der Waals surface area contributed by atoms with Crippen molar-refractivity contribution in [1.82, 2.24) is 10.2 Å². The number of carbonyl (C=O) groups is 3. The van der Waals surface area contributed by atoms with Crippen LogP contribution in [0.1, 0.15) is 88.0 Å². The predicted molar refractivity (Wildman–Crippen MR) is 122 cm³/mol.